The van der Waals surface area contributed by atoms with Crippen molar-refractivity contribution in [2.45, 2.75) is 38.3 Å². The maximum absolute atomic E-state index is 13.8. The number of alkyl halides is 1. The fourth-order valence-electron chi connectivity index (χ4n) is 3.98. The van der Waals surface area contributed by atoms with Gasteiger partial charge in [0.05, 0.1) is 6.20 Å². The van der Waals surface area contributed by atoms with E-state index in [1.807, 2.05) is 19.1 Å². The van der Waals surface area contributed by atoms with Crippen LogP contribution in [0.1, 0.15) is 53.2 Å². The second kappa shape index (κ2) is 7.31. The number of hydrogen-bond acceptors (Lipinski definition) is 5. The summed E-state index contributed by atoms with van der Waals surface area (Å²) in [6, 6.07) is 9.01. The van der Waals surface area contributed by atoms with Crippen LogP contribution in [0.25, 0.3) is 17.0 Å². The molecule has 0 aliphatic heterocycles. The number of anilines is 1. The number of benzene rings is 1. The van der Waals surface area contributed by atoms with Gasteiger partial charge in [-0.15, -0.1) is 6.42 Å². The predicted molar refractivity (Wildman–Crippen MR) is 117 cm³/mol. The Kier molecular flexibility index (Phi) is 4.55. The SMILES string of the molecule is C#Cc1ccn2c(C(=O)Nc3cc(-c4noc(C5CC(C)(F)C5)n4)ccc3C)cnc2c1. The highest BCUT2D eigenvalue weighted by Gasteiger charge is 2.44. The first-order valence-corrected chi connectivity index (χ1v) is 10.2. The van der Waals surface area contributed by atoms with Gasteiger partial charge >= 0.3 is 0 Å². The number of rotatable bonds is 4. The van der Waals surface area contributed by atoms with E-state index in [0.29, 0.717) is 52.7 Å². The lowest BCUT2D eigenvalue weighted by Crippen LogP contribution is -2.35. The number of terminal acetylenes is 1. The minimum atomic E-state index is -1.17. The number of pyridine rings is 1. The third kappa shape index (κ3) is 3.52. The number of aromatic nitrogens is 4. The molecule has 0 saturated heterocycles. The van der Waals surface area contributed by atoms with Crippen LogP contribution in [-0.2, 0) is 0 Å². The first-order valence-electron chi connectivity index (χ1n) is 10.2. The summed E-state index contributed by atoms with van der Waals surface area (Å²) in [5.41, 5.74) is 2.69. The fraction of sp³-hybridized carbons (Fsp3) is 0.250. The Morgan fingerprint density at radius 3 is 2.91 bits per heavy atom. The molecule has 1 aromatic carbocycles. The molecule has 32 heavy (non-hydrogen) atoms. The summed E-state index contributed by atoms with van der Waals surface area (Å²) >= 11 is 0. The topological polar surface area (TPSA) is 85.3 Å². The van der Waals surface area contributed by atoms with Crippen molar-refractivity contribution in [1.82, 2.24) is 19.5 Å². The van der Waals surface area contributed by atoms with Crippen molar-refractivity contribution in [3.8, 4) is 23.7 Å². The molecule has 7 nitrogen and oxygen atoms in total. The molecule has 0 atom stereocenters. The van der Waals surface area contributed by atoms with E-state index in [9.17, 15) is 9.18 Å². The Labute approximate surface area is 183 Å². The molecular formula is C24H20FN5O2. The smallest absolute Gasteiger partial charge is 0.274 e. The predicted octanol–water partition coefficient (Wildman–Crippen LogP) is 4.53. The lowest BCUT2D eigenvalue weighted by molar-refractivity contribution is 0.0481. The highest BCUT2D eigenvalue weighted by Crippen LogP contribution is 2.46. The van der Waals surface area contributed by atoms with Gasteiger partial charge in [-0.3, -0.25) is 9.20 Å². The first-order chi connectivity index (χ1) is 15.3. The van der Waals surface area contributed by atoms with Gasteiger partial charge in [0.2, 0.25) is 11.7 Å². The van der Waals surface area contributed by atoms with Crippen molar-refractivity contribution in [1.29, 1.82) is 0 Å². The number of carbonyl (C=O) groups excluding carboxylic acids is 1. The molecule has 0 spiro atoms. The molecule has 0 bridgehead atoms. The molecule has 3 aromatic heterocycles. The van der Waals surface area contributed by atoms with E-state index in [4.69, 9.17) is 10.9 Å². The van der Waals surface area contributed by atoms with Gasteiger partial charge in [-0.2, -0.15) is 4.98 Å². The van der Waals surface area contributed by atoms with E-state index in [1.54, 1.807) is 35.7 Å². The summed E-state index contributed by atoms with van der Waals surface area (Å²) in [7, 11) is 0. The molecule has 8 heteroatoms. The molecule has 1 aliphatic carbocycles. The van der Waals surface area contributed by atoms with Crippen molar-refractivity contribution in [2.75, 3.05) is 5.32 Å². The van der Waals surface area contributed by atoms with Crippen LogP contribution in [0.15, 0.2) is 47.2 Å². The van der Waals surface area contributed by atoms with Gasteiger partial charge in [0.15, 0.2) is 0 Å². The number of aryl methyl sites for hydroxylation is 1. The van der Waals surface area contributed by atoms with Crippen molar-refractivity contribution < 1.29 is 13.7 Å². The van der Waals surface area contributed by atoms with Crippen LogP contribution in [0.2, 0.25) is 0 Å². The van der Waals surface area contributed by atoms with E-state index >= 15 is 0 Å². The number of nitrogens with zero attached hydrogens (tertiary/aromatic N) is 4. The molecule has 0 radical (unpaired) electrons. The van der Waals surface area contributed by atoms with E-state index in [0.717, 1.165) is 5.56 Å². The second-order valence-corrected chi connectivity index (χ2v) is 8.39. The molecule has 0 unspecified atom stereocenters. The maximum Gasteiger partial charge on any atom is 0.274 e. The van der Waals surface area contributed by atoms with E-state index in [2.05, 4.69) is 26.4 Å². The third-order valence-corrected chi connectivity index (χ3v) is 5.79. The van der Waals surface area contributed by atoms with Gasteiger partial charge in [-0.25, -0.2) is 9.37 Å². The number of amides is 1. The van der Waals surface area contributed by atoms with Crippen LogP contribution in [0.5, 0.6) is 0 Å². The van der Waals surface area contributed by atoms with Crippen LogP contribution in [0.3, 0.4) is 0 Å². The summed E-state index contributed by atoms with van der Waals surface area (Å²) in [5, 5.41) is 6.97. The Morgan fingerprint density at radius 2 is 2.16 bits per heavy atom. The fourth-order valence-corrected chi connectivity index (χ4v) is 3.98. The molecule has 1 N–H and O–H groups in total. The lowest BCUT2D eigenvalue weighted by atomic mass is 9.73. The summed E-state index contributed by atoms with van der Waals surface area (Å²) < 4.78 is 20.8. The Balaban J connectivity index is 1.38. The second-order valence-electron chi connectivity index (χ2n) is 8.39. The zero-order valence-corrected chi connectivity index (χ0v) is 17.6. The quantitative estimate of drug-likeness (QED) is 0.482. The molecule has 5 rings (SSSR count). The van der Waals surface area contributed by atoms with Gasteiger partial charge < -0.3 is 9.84 Å². The zero-order valence-electron chi connectivity index (χ0n) is 17.6. The Morgan fingerprint density at radius 1 is 1.34 bits per heavy atom. The highest BCUT2D eigenvalue weighted by molar-refractivity contribution is 6.04. The van der Waals surface area contributed by atoms with Crippen molar-refractivity contribution in [3.63, 3.8) is 0 Å². The average molecular weight is 429 g/mol. The van der Waals surface area contributed by atoms with E-state index in [1.165, 1.54) is 6.20 Å². The van der Waals surface area contributed by atoms with Gasteiger partial charge in [0.1, 0.15) is 17.0 Å². The summed E-state index contributed by atoms with van der Waals surface area (Å²) in [5.74, 6) is 3.04. The molecule has 3 heterocycles. The number of nitrogens with one attached hydrogen (secondary N) is 1. The summed E-state index contributed by atoms with van der Waals surface area (Å²) in [6.45, 7) is 3.47. The molecule has 160 valence electrons. The number of hydrogen-bond donors (Lipinski definition) is 1. The van der Waals surface area contributed by atoms with Gasteiger partial charge in [-0.05, 0) is 50.5 Å². The summed E-state index contributed by atoms with van der Waals surface area (Å²) in [4.78, 5) is 21.7. The van der Waals surface area contributed by atoms with Crippen LogP contribution >= 0.6 is 0 Å². The molecular weight excluding hydrogens is 409 g/mol. The minimum absolute atomic E-state index is 0.0546. The average Bonchev–Trinajstić information content (AvgIpc) is 3.40. The number of fused-ring (bicyclic) bond motifs is 1. The van der Waals surface area contributed by atoms with E-state index < -0.39 is 5.67 Å². The third-order valence-electron chi connectivity index (χ3n) is 5.79. The zero-order chi connectivity index (χ0) is 22.5. The minimum Gasteiger partial charge on any atom is -0.339 e. The number of halogens is 1. The van der Waals surface area contributed by atoms with Crippen molar-refractivity contribution in [2.24, 2.45) is 0 Å². The highest BCUT2D eigenvalue weighted by atomic mass is 19.1. The maximum atomic E-state index is 13.8. The van der Waals surface area contributed by atoms with Gasteiger partial charge in [0, 0.05) is 28.9 Å². The largest absolute Gasteiger partial charge is 0.339 e. The normalized spacial score (nSPS) is 20.0. The molecule has 4 aromatic rings. The van der Waals surface area contributed by atoms with E-state index in [-0.39, 0.29) is 11.8 Å². The molecule has 1 fully saturated rings. The van der Waals surface area contributed by atoms with Gasteiger partial charge in [0.25, 0.3) is 5.91 Å². The monoisotopic (exact) mass is 429 g/mol. The number of imidazole rings is 1. The summed E-state index contributed by atoms with van der Waals surface area (Å²) in [6.07, 6.45) is 9.42. The van der Waals surface area contributed by atoms with Crippen LogP contribution in [0.4, 0.5) is 10.1 Å². The van der Waals surface area contributed by atoms with Crippen molar-refractivity contribution >= 4 is 17.2 Å². The van der Waals surface area contributed by atoms with Gasteiger partial charge in [-0.1, -0.05) is 23.2 Å². The Bertz CT molecular complexity index is 1390. The molecule has 1 saturated carbocycles. The lowest BCUT2D eigenvalue weighted by Gasteiger charge is -2.36. The van der Waals surface area contributed by atoms with Crippen LogP contribution in [0, 0.1) is 19.3 Å². The first kappa shape index (κ1) is 19.9. The van der Waals surface area contributed by atoms with Crippen molar-refractivity contribution in [3.05, 3.63) is 65.4 Å². The van der Waals surface area contributed by atoms with Crippen LogP contribution in [-0.4, -0.2) is 31.1 Å². The van der Waals surface area contributed by atoms with Crippen LogP contribution < -0.4 is 5.32 Å². The number of carbonyl (C=O) groups is 1. The standard InChI is InChI=1S/C24H20FN5O2/c1-4-15-7-8-30-19(13-26-20(30)9-15)22(31)27-18-10-16(6-5-14(18)2)21-28-23(32-29-21)17-11-24(3,25)12-17/h1,5-10,13,17H,11-12H2,2-3H3,(H,27,31). The Hall–Kier alpha value is -3.99. The molecule has 1 aliphatic rings. The molecule has 1 amide bonds.